The third-order valence-corrected chi connectivity index (χ3v) is 6.77. The quantitative estimate of drug-likeness (QED) is 0.646. The summed E-state index contributed by atoms with van der Waals surface area (Å²) in [6, 6.07) is 8.48. The zero-order chi connectivity index (χ0) is 19.0. The highest BCUT2D eigenvalue weighted by Gasteiger charge is 2.33. The van der Waals surface area contributed by atoms with Crippen LogP contribution in [0.15, 0.2) is 40.0 Å². The third kappa shape index (κ3) is 3.10. The molecule has 1 aliphatic heterocycles. The van der Waals surface area contributed by atoms with Crippen LogP contribution < -0.4 is 4.90 Å². The van der Waals surface area contributed by atoms with Gasteiger partial charge in [0.25, 0.3) is 0 Å². The van der Waals surface area contributed by atoms with Crippen molar-refractivity contribution >= 4 is 38.5 Å². The highest BCUT2D eigenvalue weighted by molar-refractivity contribution is 7.89. The average Bonchev–Trinajstić information content (AvgIpc) is 3.16. The molecule has 2 aromatic heterocycles. The number of hydrogen-bond donors (Lipinski definition) is 0. The fourth-order valence-electron chi connectivity index (χ4n) is 2.97. The molecule has 1 saturated heterocycles. The topological polar surface area (TPSA) is 116 Å². The first-order valence-electron chi connectivity index (χ1n) is 8.03. The van der Waals surface area contributed by atoms with Gasteiger partial charge in [-0.15, -0.1) is 0 Å². The Labute approximate surface area is 159 Å². The van der Waals surface area contributed by atoms with Crippen molar-refractivity contribution in [3.05, 3.63) is 41.0 Å². The summed E-state index contributed by atoms with van der Waals surface area (Å²) in [5, 5.41) is 16.3. The van der Waals surface area contributed by atoms with Gasteiger partial charge in [0, 0.05) is 32.4 Å². The van der Waals surface area contributed by atoms with Crippen LogP contribution in [0.1, 0.15) is 5.56 Å². The Morgan fingerprint density at radius 3 is 2.56 bits per heavy atom. The van der Waals surface area contributed by atoms with Gasteiger partial charge < -0.3 is 4.90 Å². The summed E-state index contributed by atoms with van der Waals surface area (Å²) in [5.41, 5.74) is 0.931. The fourth-order valence-corrected chi connectivity index (χ4v) is 5.02. The summed E-state index contributed by atoms with van der Waals surface area (Å²) < 4.78 is 32.2. The summed E-state index contributed by atoms with van der Waals surface area (Å²) in [4.78, 5) is 6.13. The lowest BCUT2D eigenvalue weighted by Gasteiger charge is -2.34. The predicted molar refractivity (Wildman–Crippen MR) is 96.7 cm³/mol. The van der Waals surface area contributed by atoms with E-state index in [-0.39, 0.29) is 28.5 Å². The molecule has 1 aromatic carbocycles. The molecule has 0 spiro atoms. The van der Waals surface area contributed by atoms with E-state index >= 15 is 0 Å². The number of aromatic nitrogens is 3. The first-order chi connectivity index (χ1) is 13.0. The van der Waals surface area contributed by atoms with Crippen molar-refractivity contribution in [2.75, 3.05) is 31.1 Å². The average molecular weight is 405 g/mol. The summed E-state index contributed by atoms with van der Waals surface area (Å²) >= 11 is 6.15. The third-order valence-electron chi connectivity index (χ3n) is 4.37. The highest BCUT2D eigenvalue weighted by Crippen LogP contribution is 2.31. The first kappa shape index (κ1) is 17.7. The Bertz CT molecular complexity index is 1130. The van der Waals surface area contributed by atoms with Crippen LogP contribution in [0.2, 0.25) is 5.02 Å². The number of sulfonamides is 1. The molecule has 1 fully saturated rings. The predicted octanol–water partition coefficient (Wildman–Crippen LogP) is 1.65. The van der Waals surface area contributed by atoms with Gasteiger partial charge in [0.2, 0.25) is 10.0 Å². The van der Waals surface area contributed by atoms with Gasteiger partial charge in [0.05, 0.1) is 10.6 Å². The number of piperazine rings is 1. The van der Waals surface area contributed by atoms with Crippen LogP contribution in [0.5, 0.6) is 0 Å². The number of fused-ring (bicyclic) bond motifs is 1. The molecule has 0 amide bonds. The van der Waals surface area contributed by atoms with Crippen molar-refractivity contribution in [1.29, 1.82) is 5.26 Å². The molecule has 0 bridgehead atoms. The zero-order valence-electron chi connectivity index (χ0n) is 13.9. The van der Waals surface area contributed by atoms with Crippen LogP contribution in [0.4, 0.5) is 5.82 Å². The maximum atomic E-state index is 13.1. The van der Waals surface area contributed by atoms with Gasteiger partial charge in [-0.2, -0.15) is 9.57 Å². The molecule has 4 rings (SSSR count). The highest BCUT2D eigenvalue weighted by atomic mass is 35.5. The molecular weight excluding hydrogens is 392 g/mol. The number of pyridine rings is 1. The summed E-state index contributed by atoms with van der Waals surface area (Å²) in [6.07, 6.45) is 1.50. The van der Waals surface area contributed by atoms with Crippen LogP contribution in [-0.4, -0.2) is 54.2 Å². The van der Waals surface area contributed by atoms with E-state index in [2.05, 4.69) is 19.9 Å². The number of nitrogens with zero attached hydrogens (tertiary/aromatic N) is 6. The van der Waals surface area contributed by atoms with Crippen LogP contribution >= 0.6 is 11.6 Å². The van der Waals surface area contributed by atoms with Gasteiger partial charge in [0.15, 0.2) is 5.52 Å². The summed E-state index contributed by atoms with van der Waals surface area (Å²) in [6.45, 7) is 1.45. The number of nitriles is 1. The molecule has 0 atom stereocenters. The van der Waals surface area contributed by atoms with E-state index in [0.717, 1.165) is 0 Å². The maximum absolute atomic E-state index is 13.1. The van der Waals surface area contributed by atoms with Crippen molar-refractivity contribution in [2.24, 2.45) is 0 Å². The van der Waals surface area contributed by atoms with Crippen molar-refractivity contribution in [3.63, 3.8) is 0 Å². The van der Waals surface area contributed by atoms with Gasteiger partial charge in [-0.25, -0.2) is 18.0 Å². The number of anilines is 1. The van der Waals surface area contributed by atoms with Gasteiger partial charge in [-0.1, -0.05) is 11.6 Å². The Morgan fingerprint density at radius 1 is 1.11 bits per heavy atom. The number of benzene rings is 1. The molecule has 0 aliphatic carbocycles. The molecule has 3 aromatic rings. The van der Waals surface area contributed by atoms with Crippen LogP contribution in [0.3, 0.4) is 0 Å². The minimum atomic E-state index is -3.86. The molecule has 0 radical (unpaired) electrons. The van der Waals surface area contributed by atoms with Gasteiger partial charge in [-0.05, 0) is 34.6 Å². The SMILES string of the molecule is N#Cc1ccc(N2CCN(S(=O)(=O)c3c(Cl)ccc4nonc34)CC2)nc1. The minimum Gasteiger partial charge on any atom is -0.354 e. The molecule has 27 heavy (non-hydrogen) atoms. The Hall–Kier alpha value is -2.74. The molecule has 1 aliphatic rings. The largest absolute Gasteiger partial charge is 0.354 e. The van der Waals surface area contributed by atoms with Crippen molar-refractivity contribution in [2.45, 2.75) is 4.90 Å². The van der Waals surface area contributed by atoms with E-state index in [9.17, 15) is 8.42 Å². The van der Waals surface area contributed by atoms with Crippen LogP contribution in [0.25, 0.3) is 11.0 Å². The molecule has 11 heteroatoms. The summed E-state index contributed by atoms with van der Waals surface area (Å²) in [7, 11) is -3.86. The number of halogens is 1. The molecule has 0 unspecified atom stereocenters. The van der Waals surface area contributed by atoms with Crippen LogP contribution in [-0.2, 0) is 10.0 Å². The van der Waals surface area contributed by atoms with Crippen molar-refractivity contribution < 1.29 is 13.0 Å². The van der Waals surface area contributed by atoms with E-state index in [1.54, 1.807) is 18.2 Å². The second-order valence-electron chi connectivity index (χ2n) is 5.92. The van der Waals surface area contributed by atoms with Gasteiger partial charge in [-0.3, -0.25) is 0 Å². The van der Waals surface area contributed by atoms with E-state index in [1.165, 1.54) is 16.6 Å². The lowest BCUT2D eigenvalue weighted by molar-refractivity contribution is 0.315. The zero-order valence-corrected chi connectivity index (χ0v) is 15.5. The first-order valence-corrected chi connectivity index (χ1v) is 9.84. The molecule has 138 valence electrons. The monoisotopic (exact) mass is 404 g/mol. The summed E-state index contributed by atoms with van der Waals surface area (Å²) in [5.74, 6) is 0.701. The van der Waals surface area contributed by atoms with Gasteiger partial charge in [0.1, 0.15) is 22.3 Å². The van der Waals surface area contributed by atoms with E-state index in [1.807, 2.05) is 11.0 Å². The normalized spacial score (nSPS) is 15.8. The van der Waals surface area contributed by atoms with E-state index < -0.39 is 10.0 Å². The molecular formula is C16H13ClN6O3S. The molecule has 0 saturated carbocycles. The lowest BCUT2D eigenvalue weighted by Crippen LogP contribution is -2.49. The number of rotatable bonds is 3. The second kappa shape index (κ2) is 6.77. The Morgan fingerprint density at radius 2 is 1.89 bits per heavy atom. The van der Waals surface area contributed by atoms with E-state index in [0.29, 0.717) is 30.0 Å². The van der Waals surface area contributed by atoms with Crippen molar-refractivity contribution in [1.82, 2.24) is 19.6 Å². The Kier molecular flexibility index (Phi) is 4.43. The smallest absolute Gasteiger partial charge is 0.247 e. The molecule has 9 nitrogen and oxygen atoms in total. The lowest BCUT2D eigenvalue weighted by atomic mass is 10.3. The molecule has 3 heterocycles. The fraction of sp³-hybridized carbons (Fsp3) is 0.250. The molecule has 0 N–H and O–H groups in total. The van der Waals surface area contributed by atoms with Crippen LogP contribution in [0, 0.1) is 11.3 Å². The van der Waals surface area contributed by atoms with Crippen molar-refractivity contribution in [3.8, 4) is 6.07 Å². The standard InChI is InChI=1S/C16H13ClN6O3S/c17-12-2-3-13-15(21-26-20-13)16(12)27(24,25)23-7-5-22(6-8-23)14-4-1-11(9-18)10-19-14/h1-4,10H,5-8H2. The second-order valence-corrected chi connectivity index (χ2v) is 8.20. The van der Waals surface area contributed by atoms with E-state index in [4.69, 9.17) is 16.9 Å². The Balaban J connectivity index is 1.57. The maximum Gasteiger partial charge on any atom is 0.247 e. The number of hydrogen-bond acceptors (Lipinski definition) is 8. The minimum absolute atomic E-state index is 0.0781. The van der Waals surface area contributed by atoms with Gasteiger partial charge >= 0.3 is 0 Å².